The molecule has 0 aliphatic carbocycles. The van der Waals surface area contributed by atoms with Crippen LogP contribution in [0.2, 0.25) is 0 Å². The Bertz CT molecular complexity index is 284. The summed E-state index contributed by atoms with van der Waals surface area (Å²) in [6.45, 7) is 4.36. The Kier molecular flexibility index (Phi) is 3.55. The molecule has 0 aromatic heterocycles. The molecule has 1 rings (SSSR count). The molecule has 0 amide bonds. The van der Waals surface area contributed by atoms with Crippen molar-refractivity contribution in [2.75, 3.05) is 18.8 Å². The Balaban J connectivity index is 2.58. The van der Waals surface area contributed by atoms with Crippen molar-refractivity contribution in [2.45, 2.75) is 38.7 Å². The van der Waals surface area contributed by atoms with Gasteiger partial charge in [0.2, 0.25) is 10.0 Å². The minimum absolute atomic E-state index is 0.208. The fourth-order valence-electron chi connectivity index (χ4n) is 1.60. The average molecular weight is 221 g/mol. The van der Waals surface area contributed by atoms with Gasteiger partial charge in [-0.15, -0.1) is 0 Å². The van der Waals surface area contributed by atoms with E-state index < -0.39 is 15.6 Å². The first-order valence-corrected chi connectivity index (χ1v) is 6.68. The van der Waals surface area contributed by atoms with Crippen LogP contribution in [0.1, 0.15) is 33.1 Å². The molecular formula is C9H19NO3S. The summed E-state index contributed by atoms with van der Waals surface area (Å²) >= 11 is 0. The number of β-amino-alcohol motifs (C(OH)–C–C–N with tert-alkyl or cyclic N) is 1. The van der Waals surface area contributed by atoms with Gasteiger partial charge in [0.15, 0.2) is 0 Å². The van der Waals surface area contributed by atoms with Crippen LogP contribution in [0, 0.1) is 0 Å². The molecule has 1 fully saturated rings. The molecule has 84 valence electrons. The normalized spacial score (nSPS) is 29.6. The van der Waals surface area contributed by atoms with Crippen molar-refractivity contribution in [3.05, 3.63) is 0 Å². The van der Waals surface area contributed by atoms with E-state index in [1.54, 1.807) is 6.92 Å². The van der Waals surface area contributed by atoms with Crippen LogP contribution >= 0.6 is 0 Å². The Morgan fingerprint density at radius 2 is 2.14 bits per heavy atom. The molecule has 0 aromatic rings. The monoisotopic (exact) mass is 221 g/mol. The Morgan fingerprint density at radius 3 is 2.57 bits per heavy atom. The SMILES string of the molecule is CCCCS(=O)(=O)N1CCC(C)(O)C1. The van der Waals surface area contributed by atoms with Gasteiger partial charge >= 0.3 is 0 Å². The van der Waals surface area contributed by atoms with Gasteiger partial charge in [-0.3, -0.25) is 0 Å². The first-order chi connectivity index (χ1) is 6.37. The molecule has 0 spiro atoms. The smallest absolute Gasteiger partial charge is 0.214 e. The van der Waals surface area contributed by atoms with Crippen LogP contribution in [0.4, 0.5) is 0 Å². The first-order valence-electron chi connectivity index (χ1n) is 5.07. The molecule has 5 heteroatoms. The van der Waals surface area contributed by atoms with Gasteiger partial charge in [-0.25, -0.2) is 8.42 Å². The van der Waals surface area contributed by atoms with Gasteiger partial charge in [0.05, 0.1) is 11.4 Å². The quantitative estimate of drug-likeness (QED) is 0.755. The summed E-state index contributed by atoms with van der Waals surface area (Å²) in [5, 5.41) is 9.65. The van der Waals surface area contributed by atoms with E-state index in [0.717, 1.165) is 6.42 Å². The lowest BCUT2D eigenvalue weighted by Crippen LogP contribution is -2.35. The average Bonchev–Trinajstić information content (AvgIpc) is 2.43. The third-order valence-corrected chi connectivity index (χ3v) is 4.47. The number of aliphatic hydroxyl groups is 1. The predicted molar refractivity (Wildman–Crippen MR) is 55.5 cm³/mol. The van der Waals surface area contributed by atoms with Crippen molar-refractivity contribution in [1.82, 2.24) is 4.31 Å². The number of nitrogens with zero attached hydrogens (tertiary/aromatic N) is 1. The van der Waals surface area contributed by atoms with Gasteiger partial charge in [0.1, 0.15) is 0 Å². The molecule has 1 atom stereocenters. The first kappa shape index (κ1) is 11.9. The largest absolute Gasteiger partial charge is 0.389 e. The molecule has 1 heterocycles. The van der Waals surface area contributed by atoms with Gasteiger partial charge in [0, 0.05) is 13.1 Å². The number of hydrogen-bond acceptors (Lipinski definition) is 3. The maximum atomic E-state index is 11.7. The molecule has 0 saturated carbocycles. The van der Waals surface area contributed by atoms with E-state index in [0.29, 0.717) is 19.4 Å². The summed E-state index contributed by atoms with van der Waals surface area (Å²) in [5.41, 5.74) is -0.834. The van der Waals surface area contributed by atoms with Gasteiger partial charge in [-0.2, -0.15) is 4.31 Å². The molecule has 1 unspecified atom stereocenters. The zero-order chi connectivity index (χ0) is 10.8. The highest BCUT2D eigenvalue weighted by atomic mass is 32.2. The number of sulfonamides is 1. The van der Waals surface area contributed by atoms with Crippen LogP contribution in [-0.2, 0) is 10.0 Å². The topological polar surface area (TPSA) is 57.6 Å². The fourth-order valence-corrected chi connectivity index (χ4v) is 3.35. The van der Waals surface area contributed by atoms with Crippen molar-refractivity contribution in [2.24, 2.45) is 0 Å². The fraction of sp³-hybridized carbons (Fsp3) is 1.00. The lowest BCUT2D eigenvalue weighted by atomic mass is 10.1. The molecular weight excluding hydrogens is 202 g/mol. The second-order valence-corrected chi connectivity index (χ2v) is 6.34. The van der Waals surface area contributed by atoms with Crippen molar-refractivity contribution in [3.63, 3.8) is 0 Å². The van der Waals surface area contributed by atoms with Crippen molar-refractivity contribution >= 4 is 10.0 Å². The predicted octanol–water partition coefficient (Wildman–Crippen LogP) is 0.573. The van der Waals surface area contributed by atoms with Crippen LogP contribution in [-0.4, -0.2) is 42.3 Å². The molecule has 14 heavy (non-hydrogen) atoms. The maximum absolute atomic E-state index is 11.7. The van der Waals surface area contributed by atoms with Gasteiger partial charge in [-0.1, -0.05) is 13.3 Å². The molecule has 1 aliphatic heterocycles. The van der Waals surface area contributed by atoms with E-state index in [1.165, 1.54) is 4.31 Å². The lowest BCUT2D eigenvalue weighted by Gasteiger charge is -2.18. The Hall–Kier alpha value is -0.130. The summed E-state index contributed by atoms with van der Waals surface area (Å²) in [6, 6.07) is 0. The van der Waals surface area contributed by atoms with Crippen LogP contribution < -0.4 is 0 Å². The maximum Gasteiger partial charge on any atom is 0.214 e. The number of rotatable bonds is 4. The van der Waals surface area contributed by atoms with Crippen molar-refractivity contribution < 1.29 is 13.5 Å². The van der Waals surface area contributed by atoms with E-state index in [9.17, 15) is 13.5 Å². The second kappa shape index (κ2) is 4.16. The standard InChI is InChI=1S/C9H19NO3S/c1-3-4-7-14(12,13)10-6-5-9(2,11)8-10/h11H,3-8H2,1-2H3. The summed E-state index contributed by atoms with van der Waals surface area (Å²) in [4.78, 5) is 0. The Labute approximate surface area is 86.0 Å². The molecule has 1 saturated heterocycles. The second-order valence-electron chi connectivity index (χ2n) is 4.25. The highest BCUT2D eigenvalue weighted by Crippen LogP contribution is 2.23. The van der Waals surface area contributed by atoms with Gasteiger partial charge < -0.3 is 5.11 Å². The summed E-state index contributed by atoms with van der Waals surface area (Å²) in [6.07, 6.45) is 2.11. The molecule has 1 N–H and O–H groups in total. The summed E-state index contributed by atoms with van der Waals surface area (Å²) < 4.78 is 24.8. The minimum Gasteiger partial charge on any atom is -0.389 e. The third-order valence-electron chi connectivity index (χ3n) is 2.57. The number of hydrogen-bond donors (Lipinski definition) is 1. The van der Waals surface area contributed by atoms with Crippen LogP contribution in [0.15, 0.2) is 0 Å². The number of unbranched alkanes of at least 4 members (excludes halogenated alkanes) is 1. The minimum atomic E-state index is -3.12. The van der Waals surface area contributed by atoms with Crippen LogP contribution in [0.25, 0.3) is 0 Å². The van der Waals surface area contributed by atoms with Crippen LogP contribution in [0.3, 0.4) is 0 Å². The van der Waals surface area contributed by atoms with E-state index in [-0.39, 0.29) is 12.3 Å². The molecule has 0 aromatic carbocycles. The van der Waals surface area contributed by atoms with Crippen molar-refractivity contribution in [1.29, 1.82) is 0 Å². The molecule has 0 radical (unpaired) electrons. The van der Waals surface area contributed by atoms with E-state index in [1.807, 2.05) is 6.92 Å². The summed E-state index contributed by atoms with van der Waals surface area (Å²) in [5.74, 6) is 0.208. The van der Waals surface area contributed by atoms with Crippen molar-refractivity contribution in [3.8, 4) is 0 Å². The molecule has 0 bridgehead atoms. The van der Waals surface area contributed by atoms with E-state index >= 15 is 0 Å². The molecule has 1 aliphatic rings. The van der Waals surface area contributed by atoms with E-state index in [2.05, 4.69) is 0 Å². The van der Waals surface area contributed by atoms with E-state index in [4.69, 9.17) is 0 Å². The lowest BCUT2D eigenvalue weighted by molar-refractivity contribution is 0.0762. The highest BCUT2D eigenvalue weighted by molar-refractivity contribution is 7.89. The Morgan fingerprint density at radius 1 is 1.50 bits per heavy atom. The highest BCUT2D eigenvalue weighted by Gasteiger charge is 2.37. The molecule has 4 nitrogen and oxygen atoms in total. The van der Waals surface area contributed by atoms with Gasteiger partial charge in [-0.05, 0) is 19.8 Å². The van der Waals surface area contributed by atoms with Gasteiger partial charge in [0.25, 0.3) is 0 Å². The summed E-state index contributed by atoms with van der Waals surface area (Å²) in [7, 11) is -3.12. The zero-order valence-electron chi connectivity index (χ0n) is 8.86. The third kappa shape index (κ3) is 2.93. The zero-order valence-corrected chi connectivity index (χ0v) is 9.68. The van der Waals surface area contributed by atoms with Crippen LogP contribution in [0.5, 0.6) is 0 Å².